The Kier molecular flexibility index (Phi) is 3.57. The maximum Gasteiger partial charge on any atom is 0.352 e. The lowest BCUT2D eigenvalue weighted by molar-refractivity contribution is 0.132. The molecule has 4 aliphatic rings. The number of nitrogens with zero attached hydrogens (tertiary/aromatic N) is 3. The minimum absolute atomic E-state index is 0.185. The van der Waals surface area contributed by atoms with Gasteiger partial charge in [-0.2, -0.15) is 0 Å². The summed E-state index contributed by atoms with van der Waals surface area (Å²) in [4.78, 5) is 27.5. The molecule has 1 aromatic carbocycles. The minimum Gasteiger partial charge on any atom is -0.245 e. The number of rotatable bonds is 2. The van der Waals surface area contributed by atoms with Gasteiger partial charge in [0.2, 0.25) is 0 Å². The molecule has 0 amide bonds. The molecule has 1 saturated carbocycles. The monoisotopic (exact) mass is 379 g/mol. The topological polar surface area (TPSA) is 48.9 Å². The Bertz CT molecular complexity index is 1090. The molecule has 1 aromatic heterocycles. The fourth-order valence-corrected chi connectivity index (χ4v) is 6.25. The summed E-state index contributed by atoms with van der Waals surface area (Å²) in [5.74, 6) is 1.02. The number of fused-ring (bicyclic) bond motifs is 2. The third-order valence-electron chi connectivity index (χ3n) is 7.92. The SMILES string of the molecule is CC(C)[C@@]12C=C3[C@@H](C)CC[C@]3([C@H](C)CC1)n1c(=O)n(-c3ccccc3)c(=O)n12. The van der Waals surface area contributed by atoms with Crippen molar-refractivity contribution in [2.24, 2.45) is 17.8 Å². The summed E-state index contributed by atoms with van der Waals surface area (Å²) in [5.41, 5.74) is 0.866. The van der Waals surface area contributed by atoms with Crippen LogP contribution in [0.4, 0.5) is 0 Å². The van der Waals surface area contributed by atoms with Gasteiger partial charge in [-0.1, -0.05) is 52.0 Å². The molecule has 0 N–H and O–H groups in total. The van der Waals surface area contributed by atoms with Crippen molar-refractivity contribution >= 4 is 0 Å². The lowest BCUT2D eigenvalue weighted by Gasteiger charge is -2.45. The van der Waals surface area contributed by atoms with Crippen molar-refractivity contribution in [2.45, 2.75) is 64.5 Å². The van der Waals surface area contributed by atoms with Gasteiger partial charge < -0.3 is 0 Å². The summed E-state index contributed by atoms with van der Waals surface area (Å²) in [5, 5.41) is 0. The highest BCUT2D eigenvalue weighted by Crippen LogP contribution is 2.58. The van der Waals surface area contributed by atoms with Crippen LogP contribution in [0.3, 0.4) is 0 Å². The highest BCUT2D eigenvalue weighted by molar-refractivity contribution is 5.37. The van der Waals surface area contributed by atoms with Crippen molar-refractivity contribution in [2.75, 3.05) is 0 Å². The standard InChI is InChI=1S/C23H29N3O2/c1-15(2)22-12-11-17(4)23(13-10-16(3)19(23)14-22)26-21(28)24(20(27)25(22)26)18-8-6-5-7-9-18/h5-9,14-17H,10-13H2,1-4H3/t16-,17+,22-,23+/m0/s1. The van der Waals surface area contributed by atoms with Crippen LogP contribution >= 0.6 is 0 Å². The quantitative estimate of drug-likeness (QED) is 0.748. The Hall–Kier alpha value is -2.30. The van der Waals surface area contributed by atoms with Gasteiger partial charge in [0.05, 0.1) is 16.8 Å². The van der Waals surface area contributed by atoms with Gasteiger partial charge in [-0.25, -0.2) is 23.5 Å². The highest BCUT2D eigenvalue weighted by atomic mass is 16.2. The first kappa shape index (κ1) is 17.8. The molecular weight excluding hydrogens is 350 g/mol. The molecule has 5 nitrogen and oxygen atoms in total. The fraction of sp³-hybridized carbons (Fsp3) is 0.565. The molecule has 1 fully saturated rings. The van der Waals surface area contributed by atoms with Crippen molar-refractivity contribution in [3.8, 4) is 5.69 Å². The maximum absolute atomic E-state index is 13.8. The van der Waals surface area contributed by atoms with Crippen molar-refractivity contribution in [1.29, 1.82) is 0 Å². The van der Waals surface area contributed by atoms with E-state index in [1.54, 1.807) is 0 Å². The summed E-state index contributed by atoms with van der Waals surface area (Å²) in [6.45, 7) is 8.92. The molecule has 4 atom stereocenters. The fourth-order valence-electron chi connectivity index (χ4n) is 6.25. The normalized spacial score (nSPS) is 33.5. The average molecular weight is 380 g/mol. The third-order valence-corrected chi connectivity index (χ3v) is 7.92. The Morgan fingerprint density at radius 1 is 0.964 bits per heavy atom. The second-order valence-corrected chi connectivity index (χ2v) is 9.41. The van der Waals surface area contributed by atoms with E-state index in [2.05, 4.69) is 33.8 Å². The van der Waals surface area contributed by atoms with Crippen LogP contribution < -0.4 is 11.4 Å². The molecule has 28 heavy (non-hydrogen) atoms. The Morgan fingerprint density at radius 3 is 2.32 bits per heavy atom. The van der Waals surface area contributed by atoms with Gasteiger partial charge in [-0.05, 0) is 61.1 Å². The molecule has 2 aliphatic heterocycles. The lowest BCUT2D eigenvalue weighted by Crippen LogP contribution is -2.56. The van der Waals surface area contributed by atoms with Crippen LogP contribution in [0.1, 0.15) is 53.4 Å². The van der Waals surface area contributed by atoms with Crippen LogP contribution in [0.2, 0.25) is 0 Å². The molecule has 2 bridgehead atoms. The Balaban J connectivity index is 1.94. The van der Waals surface area contributed by atoms with Crippen molar-refractivity contribution in [1.82, 2.24) is 13.9 Å². The van der Waals surface area contributed by atoms with Gasteiger partial charge in [-0.15, -0.1) is 0 Å². The van der Waals surface area contributed by atoms with E-state index in [-0.39, 0.29) is 22.8 Å². The van der Waals surface area contributed by atoms with Crippen molar-refractivity contribution in [3.63, 3.8) is 0 Å². The molecule has 2 aromatic rings. The largest absolute Gasteiger partial charge is 0.352 e. The van der Waals surface area contributed by atoms with E-state index in [1.807, 2.05) is 39.7 Å². The van der Waals surface area contributed by atoms with Crippen LogP contribution in [0.25, 0.3) is 5.69 Å². The first-order chi connectivity index (χ1) is 13.3. The summed E-state index contributed by atoms with van der Waals surface area (Å²) >= 11 is 0. The highest BCUT2D eigenvalue weighted by Gasteiger charge is 2.59. The van der Waals surface area contributed by atoms with Gasteiger partial charge in [-0.3, -0.25) is 0 Å². The predicted molar refractivity (Wildman–Crippen MR) is 110 cm³/mol. The van der Waals surface area contributed by atoms with Gasteiger partial charge in [0.1, 0.15) is 0 Å². The first-order valence-electron chi connectivity index (χ1n) is 10.6. The van der Waals surface area contributed by atoms with E-state index in [4.69, 9.17) is 0 Å². The van der Waals surface area contributed by atoms with Crippen LogP contribution in [0.5, 0.6) is 0 Å². The molecule has 148 valence electrons. The van der Waals surface area contributed by atoms with Gasteiger partial charge in [0, 0.05) is 0 Å². The summed E-state index contributed by atoms with van der Waals surface area (Å²) < 4.78 is 5.12. The van der Waals surface area contributed by atoms with Crippen molar-refractivity contribution in [3.05, 3.63) is 62.9 Å². The summed E-state index contributed by atoms with van der Waals surface area (Å²) in [7, 11) is 0. The van der Waals surface area contributed by atoms with Gasteiger partial charge in [0.25, 0.3) is 0 Å². The number of aromatic nitrogens is 3. The molecule has 2 aliphatic carbocycles. The zero-order valence-corrected chi connectivity index (χ0v) is 17.2. The zero-order valence-electron chi connectivity index (χ0n) is 17.2. The zero-order chi connectivity index (χ0) is 19.8. The first-order valence-corrected chi connectivity index (χ1v) is 10.6. The molecule has 3 heterocycles. The minimum atomic E-state index is -0.432. The maximum atomic E-state index is 13.8. The van der Waals surface area contributed by atoms with Crippen LogP contribution in [-0.2, 0) is 11.1 Å². The van der Waals surface area contributed by atoms with E-state index >= 15 is 0 Å². The van der Waals surface area contributed by atoms with Crippen LogP contribution in [0, 0.1) is 17.8 Å². The predicted octanol–water partition coefficient (Wildman–Crippen LogP) is 3.65. The smallest absolute Gasteiger partial charge is 0.245 e. The molecule has 0 radical (unpaired) electrons. The lowest BCUT2D eigenvalue weighted by atomic mass is 9.77. The average Bonchev–Trinajstić information content (AvgIpc) is 3.06. The Morgan fingerprint density at radius 2 is 1.64 bits per heavy atom. The number of allylic oxidation sites excluding steroid dienone is 2. The van der Waals surface area contributed by atoms with Crippen molar-refractivity contribution < 1.29 is 0 Å². The number of hydrogen-bond acceptors (Lipinski definition) is 2. The van der Waals surface area contributed by atoms with E-state index in [0.717, 1.165) is 25.7 Å². The second kappa shape index (κ2) is 5.62. The molecular formula is C23H29N3O2. The molecule has 0 unspecified atom stereocenters. The number of para-hydroxylation sites is 1. The molecule has 6 rings (SSSR count). The van der Waals surface area contributed by atoms with Crippen LogP contribution in [-0.4, -0.2) is 13.9 Å². The van der Waals surface area contributed by atoms with Gasteiger partial charge >= 0.3 is 11.4 Å². The number of hydrogen-bond donors (Lipinski definition) is 0. The van der Waals surface area contributed by atoms with Crippen LogP contribution in [0.15, 0.2) is 51.6 Å². The molecule has 0 saturated heterocycles. The summed E-state index contributed by atoms with van der Waals surface area (Å²) in [6, 6.07) is 9.36. The number of benzene rings is 1. The summed E-state index contributed by atoms with van der Waals surface area (Å²) in [6.07, 6.45) is 6.34. The van der Waals surface area contributed by atoms with E-state index in [0.29, 0.717) is 17.5 Å². The van der Waals surface area contributed by atoms with E-state index in [1.165, 1.54) is 10.1 Å². The molecule has 5 heteroatoms. The Labute approximate surface area is 165 Å². The van der Waals surface area contributed by atoms with Gasteiger partial charge in [0.15, 0.2) is 0 Å². The van der Waals surface area contributed by atoms with E-state index < -0.39 is 5.54 Å². The van der Waals surface area contributed by atoms with E-state index in [9.17, 15) is 9.59 Å². The molecule has 1 spiro atoms. The third kappa shape index (κ3) is 1.88. The second-order valence-electron chi connectivity index (χ2n) is 9.41.